The molecule has 0 unspecified atom stereocenters. The van der Waals surface area contributed by atoms with Gasteiger partial charge in [0.15, 0.2) is 8.32 Å². The van der Waals surface area contributed by atoms with Gasteiger partial charge in [0.1, 0.15) is 0 Å². The van der Waals surface area contributed by atoms with Crippen LogP contribution < -0.4 is 0 Å². The van der Waals surface area contributed by atoms with Crippen LogP contribution in [0.4, 0.5) is 0 Å². The second-order valence-corrected chi connectivity index (χ2v) is 11.9. The van der Waals surface area contributed by atoms with Crippen molar-refractivity contribution in [1.82, 2.24) is 0 Å². The zero-order chi connectivity index (χ0) is 14.6. The summed E-state index contributed by atoms with van der Waals surface area (Å²) in [5.74, 6) is 0. The molecule has 1 radical (unpaired) electrons. The van der Waals surface area contributed by atoms with Gasteiger partial charge in [-0.3, -0.25) is 0 Å². The Kier molecular flexibility index (Phi) is 12.3. The number of unbranched alkanes of at least 4 members (excludes halogenated alkanes) is 7. The molecule has 0 bridgehead atoms. The summed E-state index contributed by atoms with van der Waals surface area (Å²) in [5, 5.41) is 0. The van der Waals surface area contributed by atoms with E-state index in [1.54, 1.807) is 14.2 Å². The molecular formula is C14H33O3Si2. The van der Waals surface area contributed by atoms with E-state index < -0.39 is 17.8 Å². The Morgan fingerprint density at radius 1 is 0.789 bits per heavy atom. The summed E-state index contributed by atoms with van der Waals surface area (Å²) in [7, 11) is 0.261. The molecule has 0 aliphatic heterocycles. The lowest BCUT2D eigenvalue weighted by Gasteiger charge is -2.25. The quantitative estimate of drug-likeness (QED) is 0.367. The van der Waals surface area contributed by atoms with Gasteiger partial charge in [0.2, 0.25) is 0 Å². The van der Waals surface area contributed by atoms with Gasteiger partial charge in [-0.15, -0.1) is 0 Å². The zero-order valence-electron chi connectivity index (χ0n) is 13.6. The Bertz CT molecular complexity index is 197. The van der Waals surface area contributed by atoms with E-state index in [0.29, 0.717) is 0 Å². The Balaban J connectivity index is 3.52. The third kappa shape index (κ3) is 11.8. The molecular weight excluding hydrogens is 272 g/mol. The standard InChI is InChI=1S/C14H33O3Si2/c1-6-7-8-9-10-11-12-13-14-19(4,5)17-18(15-2)16-3/h6-14H2,1-5H3. The molecule has 0 heterocycles. The summed E-state index contributed by atoms with van der Waals surface area (Å²) in [6.45, 7) is 6.79. The maximum atomic E-state index is 5.99. The van der Waals surface area contributed by atoms with Crippen LogP contribution in [0.5, 0.6) is 0 Å². The highest BCUT2D eigenvalue weighted by atomic mass is 28.4. The first-order valence-electron chi connectivity index (χ1n) is 7.69. The second-order valence-electron chi connectivity index (χ2n) is 5.74. The summed E-state index contributed by atoms with van der Waals surface area (Å²) in [5.41, 5.74) is 0. The Morgan fingerprint density at radius 3 is 1.74 bits per heavy atom. The van der Waals surface area contributed by atoms with Crippen molar-refractivity contribution in [1.29, 1.82) is 0 Å². The van der Waals surface area contributed by atoms with Crippen LogP contribution in [0.15, 0.2) is 0 Å². The summed E-state index contributed by atoms with van der Waals surface area (Å²) < 4.78 is 16.4. The molecule has 0 saturated heterocycles. The summed E-state index contributed by atoms with van der Waals surface area (Å²) in [6.07, 6.45) is 10.9. The molecule has 0 spiro atoms. The number of hydrogen-bond acceptors (Lipinski definition) is 3. The molecule has 0 rings (SSSR count). The fourth-order valence-electron chi connectivity index (χ4n) is 2.13. The van der Waals surface area contributed by atoms with Crippen molar-refractivity contribution in [2.75, 3.05) is 14.2 Å². The van der Waals surface area contributed by atoms with Crippen LogP contribution >= 0.6 is 0 Å². The normalized spacial score (nSPS) is 12.3. The van der Waals surface area contributed by atoms with Crippen molar-refractivity contribution in [3.8, 4) is 0 Å². The summed E-state index contributed by atoms with van der Waals surface area (Å²) in [4.78, 5) is 0. The van der Waals surface area contributed by atoms with Crippen molar-refractivity contribution in [2.24, 2.45) is 0 Å². The third-order valence-electron chi connectivity index (χ3n) is 3.33. The van der Waals surface area contributed by atoms with Crippen molar-refractivity contribution in [3.63, 3.8) is 0 Å². The first kappa shape index (κ1) is 19.3. The van der Waals surface area contributed by atoms with Crippen LogP contribution in [-0.4, -0.2) is 32.1 Å². The molecule has 0 aromatic heterocycles. The van der Waals surface area contributed by atoms with E-state index in [1.807, 2.05) is 0 Å². The van der Waals surface area contributed by atoms with E-state index in [-0.39, 0.29) is 0 Å². The van der Waals surface area contributed by atoms with Crippen LogP contribution in [-0.2, 0) is 13.0 Å². The lowest BCUT2D eigenvalue weighted by atomic mass is 10.1. The topological polar surface area (TPSA) is 27.7 Å². The van der Waals surface area contributed by atoms with E-state index >= 15 is 0 Å². The van der Waals surface area contributed by atoms with Crippen LogP contribution in [0, 0.1) is 0 Å². The van der Waals surface area contributed by atoms with E-state index in [2.05, 4.69) is 20.0 Å². The van der Waals surface area contributed by atoms with Crippen molar-refractivity contribution < 1.29 is 13.0 Å². The SMILES string of the molecule is CCCCCCCCCC[Si](C)(C)O[Si](OC)OC. The fraction of sp³-hybridized carbons (Fsp3) is 1.00. The molecule has 0 aromatic carbocycles. The van der Waals surface area contributed by atoms with E-state index in [9.17, 15) is 0 Å². The average molecular weight is 306 g/mol. The van der Waals surface area contributed by atoms with Gasteiger partial charge in [-0.1, -0.05) is 58.3 Å². The molecule has 0 aromatic rings. The van der Waals surface area contributed by atoms with Gasteiger partial charge in [-0.2, -0.15) is 0 Å². The molecule has 5 heteroatoms. The first-order chi connectivity index (χ1) is 9.05. The third-order valence-corrected chi connectivity index (χ3v) is 8.43. The van der Waals surface area contributed by atoms with Gasteiger partial charge in [0.05, 0.1) is 0 Å². The summed E-state index contributed by atoms with van der Waals surface area (Å²) >= 11 is 0. The summed E-state index contributed by atoms with van der Waals surface area (Å²) in [6, 6.07) is 1.21. The van der Waals surface area contributed by atoms with Gasteiger partial charge < -0.3 is 13.0 Å². The predicted octanol–water partition coefficient (Wildman–Crippen LogP) is 4.63. The molecule has 0 saturated carbocycles. The fourth-order valence-corrected chi connectivity index (χ4v) is 6.28. The average Bonchev–Trinajstić information content (AvgIpc) is 2.39. The minimum Gasteiger partial charge on any atom is -0.413 e. The minimum absolute atomic E-state index is 1.21. The Morgan fingerprint density at radius 2 is 1.26 bits per heavy atom. The van der Waals surface area contributed by atoms with Crippen molar-refractivity contribution >= 4 is 17.8 Å². The minimum atomic E-state index is -1.59. The predicted molar refractivity (Wildman–Crippen MR) is 85.8 cm³/mol. The highest BCUT2D eigenvalue weighted by Crippen LogP contribution is 2.18. The number of hydrogen-bond donors (Lipinski definition) is 0. The second kappa shape index (κ2) is 12.1. The van der Waals surface area contributed by atoms with Gasteiger partial charge in [0.25, 0.3) is 0 Å². The Labute approximate surface area is 123 Å². The van der Waals surface area contributed by atoms with Gasteiger partial charge in [-0.25, -0.2) is 0 Å². The van der Waals surface area contributed by atoms with Gasteiger partial charge in [0, 0.05) is 14.2 Å². The smallest absolute Gasteiger partial charge is 0.413 e. The molecule has 3 nitrogen and oxygen atoms in total. The molecule has 0 atom stereocenters. The lowest BCUT2D eigenvalue weighted by Crippen LogP contribution is -2.40. The first-order valence-corrected chi connectivity index (χ1v) is 12.0. The molecule has 0 aliphatic carbocycles. The van der Waals surface area contributed by atoms with Crippen LogP contribution in [0.2, 0.25) is 19.1 Å². The monoisotopic (exact) mass is 305 g/mol. The molecule has 115 valence electrons. The van der Waals surface area contributed by atoms with Crippen LogP contribution in [0.25, 0.3) is 0 Å². The molecule has 19 heavy (non-hydrogen) atoms. The highest BCUT2D eigenvalue weighted by Gasteiger charge is 2.29. The van der Waals surface area contributed by atoms with E-state index in [1.165, 1.54) is 57.4 Å². The van der Waals surface area contributed by atoms with Crippen LogP contribution in [0.3, 0.4) is 0 Å². The molecule has 0 fully saturated rings. The molecule has 0 N–H and O–H groups in total. The van der Waals surface area contributed by atoms with Gasteiger partial charge in [-0.05, 0) is 19.1 Å². The van der Waals surface area contributed by atoms with Crippen LogP contribution in [0.1, 0.15) is 58.3 Å². The van der Waals surface area contributed by atoms with E-state index in [0.717, 1.165) is 0 Å². The largest absolute Gasteiger partial charge is 0.565 e. The molecule has 0 aliphatic rings. The lowest BCUT2D eigenvalue weighted by molar-refractivity contribution is 0.198. The van der Waals surface area contributed by atoms with E-state index in [4.69, 9.17) is 13.0 Å². The van der Waals surface area contributed by atoms with Crippen molar-refractivity contribution in [2.45, 2.75) is 77.4 Å². The van der Waals surface area contributed by atoms with Gasteiger partial charge >= 0.3 is 9.53 Å². The number of rotatable bonds is 13. The Hall–Kier alpha value is 0.314. The highest BCUT2D eigenvalue weighted by molar-refractivity contribution is 6.76. The van der Waals surface area contributed by atoms with Crippen molar-refractivity contribution in [3.05, 3.63) is 0 Å². The maximum absolute atomic E-state index is 5.99. The molecule has 0 amide bonds. The zero-order valence-corrected chi connectivity index (χ0v) is 15.6. The maximum Gasteiger partial charge on any atom is 0.565 e.